The molecule has 19 heavy (non-hydrogen) atoms. The van der Waals surface area contributed by atoms with Crippen molar-refractivity contribution in [3.05, 3.63) is 0 Å². The summed E-state index contributed by atoms with van der Waals surface area (Å²) in [4.78, 5) is 22.9. The molecule has 1 fully saturated rings. The van der Waals surface area contributed by atoms with Crippen molar-refractivity contribution in [1.82, 2.24) is 16.0 Å². The van der Waals surface area contributed by atoms with Crippen LogP contribution < -0.4 is 21.7 Å². The summed E-state index contributed by atoms with van der Waals surface area (Å²) in [6, 6.07) is 0.205. The Bertz CT molecular complexity index is 278. The van der Waals surface area contributed by atoms with Gasteiger partial charge in [-0.1, -0.05) is 19.3 Å². The van der Waals surface area contributed by atoms with Gasteiger partial charge in [0.15, 0.2) is 0 Å². The monoisotopic (exact) mass is 270 g/mol. The summed E-state index contributed by atoms with van der Waals surface area (Å²) >= 11 is 0. The van der Waals surface area contributed by atoms with E-state index in [9.17, 15) is 9.59 Å². The predicted molar refractivity (Wildman–Crippen MR) is 74.7 cm³/mol. The van der Waals surface area contributed by atoms with Crippen LogP contribution in [0.2, 0.25) is 0 Å². The second-order valence-corrected chi connectivity index (χ2v) is 4.98. The van der Waals surface area contributed by atoms with Crippen LogP contribution in [0.15, 0.2) is 0 Å². The molecule has 3 amide bonds. The highest BCUT2D eigenvalue weighted by atomic mass is 16.2. The van der Waals surface area contributed by atoms with Gasteiger partial charge in [0.1, 0.15) is 0 Å². The summed E-state index contributed by atoms with van der Waals surface area (Å²) in [6.07, 6.45) is 6.90. The van der Waals surface area contributed by atoms with Gasteiger partial charge in [-0.25, -0.2) is 4.79 Å². The first-order valence-corrected chi connectivity index (χ1v) is 7.23. The fourth-order valence-electron chi connectivity index (χ4n) is 2.23. The van der Waals surface area contributed by atoms with Gasteiger partial charge < -0.3 is 21.7 Å². The summed E-state index contributed by atoms with van der Waals surface area (Å²) in [5.74, 6) is -0.0139. The Balaban J connectivity index is 1.99. The quantitative estimate of drug-likeness (QED) is 0.506. The average Bonchev–Trinajstić information content (AvgIpc) is 2.42. The van der Waals surface area contributed by atoms with Crippen LogP contribution in [0.3, 0.4) is 0 Å². The lowest BCUT2D eigenvalue weighted by Crippen LogP contribution is -2.43. The molecule has 6 heteroatoms. The third-order valence-corrected chi connectivity index (χ3v) is 3.27. The molecule has 1 aliphatic rings. The molecule has 0 aromatic heterocycles. The molecule has 0 saturated heterocycles. The highest BCUT2D eigenvalue weighted by Crippen LogP contribution is 2.16. The Labute approximate surface area is 114 Å². The van der Waals surface area contributed by atoms with Gasteiger partial charge in [-0.15, -0.1) is 0 Å². The lowest BCUT2D eigenvalue weighted by molar-refractivity contribution is -0.121. The minimum Gasteiger partial charge on any atom is -0.355 e. The van der Waals surface area contributed by atoms with Gasteiger partial charge in [0.05, 0.1) is 0 Å². The number of hydrogen-bond donors (Lipinski definition) is 4. The fraction of sp³-hybridized carbons (Fsp3) is 0.846. The first kappa shape index (κ1) is 15.8. The fourth-order valence-corrected chi connectivity index (χ4v) is 2.23. The maximum Gasteiger partial charge on any atom is 0.315 e. The number of nitrogens with two attached hydrogens (primary N) is 1. The lowest BCUT2D eigenvalue weighted by atomic mass is 9.96. The zero-order valence-corrected chi connectivity index (χ0v) is 11.5. The second kappa shape index (κ2) is 9.61. The van der Waals surface area contributed by atoms with Crippen molar-refractivity contribution in [2.45, 2.75) is 51.0 Å². The molecular formula is C13H26N4O2. The van der Waals surface area contributed by atoms with Crippen LogP contribution in [-0.2, 0) is 4.79 Å². The van der Waals surface area contributed by atoms with Crippen molar-refractivity contribution in [2.24, 2.45) is 5.73 Å². The maximum atomic E-state index is 11.6. The van der Waals surface area contributed by atoms with Gasteiger partial charge >= 0.3 is 6.03 Å². The highest BCUT2D eigenvalue weighted by molar-refractivity contribution is 5.76. The average molecular weight is 270 g/mol. The van der Waals surface area contributed by atoms with E-state index < -0.39 is 0 Å². The van der Waals surface area contributed by atoms with Crippen LogP contribution >= 0.6 is 0 Å². The molecule has 5 N–H and O–H groups in total. The summed E-state index contributed by atoms with van der Waals surface area (Å²) < 4.78 is 0. The van der Waals surface area contributed by atoms with Gasteiger partial charge in [-0.3, -0.25) is 4.79 Å². The van der Waals surface area contributed by atoms with E-state index in [0.717, 1.165) is 12.8 Å². The number of urea groups is 1. The van der Waals surface area contributed by atoms with E-state index in [4.69, 9.17) is 5.73 Å². The molecule has 1 rings (SSSR count). The highest BCUT2D eigenvalue weighted by Gasteiger charge is 2.15. The van der Waals surface area contributed by atoms with Crippen molar-refractivity contribution in [1.29, 1.82) is 0 Å². The molecule has 0 aliphatic heterocycles. The zero-order chi connectivity index (χ0) is 13.9. The minimum atomic E-state index is -0.116. The zero-order valence-electron chi connectivity index (χ0n) is 11.5. The van der Waals surface area contributed by atoms with Crippen molar-refractivity contribution in [3.63, 3.8) is 0 Å². The number of nitrogens with one attached hydrogen (secondary N) is 3. The van der Waals surface area contributed by atoms with Gasteiger partial charge in [-0.2, -0.15) is 0 Å². The number of rotatable bonds is 7. The van der Waals surface area contributed by atoms with Gasteiger partial charge in [-0.05, 0) is 19.3 Å². The second-order valence-electron chi connectivity index (χ2n) is 4.98. The Kier molecular flexibility index (Phi) is 7.97. The third-order valence-electron chi connectivity index (χ3n) is 3.27. The van der Waals surface area contributed by atoms with Crippen molar-refractivity contribution in [2.75, 3.05) is 19.6 Å². The standard InChI is InChI=1S/C13H26N4O2/c14-8-10-15-12(18)7-4-9-16-13(19)17-11-5-2-1-3-6-11/h11H,1-10,14H2,(H,15,18)(H2,16,17,19). The van der Waals surface area contributed by atoms with Crippen molar-refractivity contribution < 1.29 is 9.59 Å². The van der Waals surface area contributed by atoms with E-state index in [1.165, 1.54) is 19.3 Å². The smallest absolute Gasteiger partial charge is 0.315 e. The Morgan fingerprint density at radius 3 is 2.47 bits per heavy atom. The van der Waals surface area contributed by atoms with Crippen LogP contribution in [-0.4, -0.2) is 37.6 Å². The Hall–Kier alpha value is -1.30. The first-order valence-electron chi connectivity index (χ1n) is 7.23. The van der Waals surface area contributed by atoms with Crippen LogP contribution in [0.4, 0.5) is 4.79 Å². The van der Waals surface area contributed by atoms with E-state index in [0.29, 0.717) is 38.5 Å². The molecule has 1 saturated carbocycles. The van der Waals surface area contributed by atoms with E-state index in [2.05, 4.69) is 16.0 Å². The number of amides is 3. The predicted octanol–water partition coefficient (Wildman–Crippen LogP) is 0.473. The van der Waals surface area contributed by atoms with Crippen LogP contribution in [0.5, 0.6) is 0 Å². The van der Waals surface area contributed by atoms with E-state index in [1.54, 1.807) is 0 Å². The minimum absolute atomic E-state index is 0.0139. The molecule has 0 radical (unpaired) electrons. The summed E-state index contributed by atoms with van der Waals surface area (Å²) in [5.41, 5.74) is 5.28. The lowest BCUT2D eigenvalue weighted by Gasteiger charge is -2.22. The van der Waals surface area contributed by atoms with Crippen LogP contribution in [0.25, 0.3) is 0 Å². The molecule has 0 atom stereocenters. The molecule has 110 valence electrons. The summed E-state index contributed by atoms with van der Waals surface area (Å²) in [5, 5.41) is 8.45. The van der Waals surface area contributed by atoms with Crippen molar-refractivity contribution in [3.8, 4) is 0 Å². The Morgan fingerprint density at radius 1 is 1.05 bits per heavy atom. The van der Waals surface area contributed by atoms with Crippen LogP contribution in [0, 0.1) is 0 Å². The van der Waals surface area contributed by atoms with Gasteiger partial charge in [0.25, 0.3) is 0 Å². The molecule has 0 spiro atoms. The molecule has 0 aromatic rings. The summed E-state index contributed by atoms with van der Waals surface area (Å²) in [6.45, 7) is 1.48. The largest absolute Gasteiger partial charge is 0.355 e. The normalized spacial score (nSPS) is 15.8. The number of carbonyl (C=O) groups excluding carboxylic acids is 2. The molecule has 0 heterocycles. The summed E-state index contributed by atoms with van der Waals surface area (Å²) in [7, 11) is 0. The third kappa shape index (κ3) is 7.66. The van der Waals surface area contributed by atoms with Crippen molar-refractivity contribution >= 4 is 11.9 Å². The number of carbonyl (C=O) groups is 2. The van der Waals surface area contributed by atoms with Gasteiger partial charge in [0.2, 0.25) is 5.91 Å². The number of hydrogen-bond acceptors (Lipinski definition) is 3. The van der Waals surface area contributed by atoms with E-state index >= 15 is 0 Å². The van der Waals surface area contributed by atoms with E-state index in [-0.39, 0.29) is 11.9 Å². The van der Waals surface area contributed by atoms with E-state index in [1.807, 2.05) is 0 Å². The molecule has 0 aromatic carbocycles. The molecular weight excluding hydrogens is 244 g/mol. The van der Waals surface area contributed by atoms with Crippen LogP contribution in [0.1, 0.15) is 44.9 Å². The molecule has 6 nitrogen and oxygen atoms in total. The van der Waals surface area contributed by atoms with Gasteiger partial charge in [0, 0.05) is 32.1 Å². The SMILES string of the molecule is NCCNC(=O)CCCNC(=O)NC1CCCCC1. The molecule has 1 aliphatic carbocycles. The topological polar surface area (TPSA) is 96.2 Å². The maximum absolute atomic E-state index is 11.6. The Morgan fingerprint density at radius 2 is 1.79 bits per heavy atom. The molecule has 0 unspecified atom stereocenters. The molecule has 0 bridgehead atoms. The first-order chi connectivity index (χ1) is 9.22.